The lowest BCUT2D eigenvalue weighted by molar-refractivity contribution is 0.524. The standard InChI is InChI=1S/C16H12BrClFNO/c1-9(20-16-12(18)3-2-4-13(16)19)15-8-10-7-11(17)5-6-14(10)21-15/h2-9,20H,1H3. The smallest absolute Gasteiger partial charge is 0.147 e. The maximum absolute atomic E-state index is 13.8. The molecule has 0 aliphatic carbocycles. The number of anilines is 1. The van der Waals surface area contributed by atoms with Gasteiger partial charge in [0.2, 0.25) is 0 Å². The van der Waals surface area contributed by atoms with Crippen LogP contribution in [-0.4, -0.2) is 0 Å². The molecule has 0 spiro atoms. The summed E-state index contributed by atoms with van der Waals surface area (Å²) in [6.45, 7) is 1.90. The predicted octanol–water partition coefficient (Wildman–Crippen LogP) is 6.16. The van der Waals surface area contributed by atoms with Gasteiger partial charge in [-0.3, -0.25) is 0 Å². The van der Waals surface area contributed by atoms with E-state index in [9.17, 15) is 4.39 Å². The van der Waals surface area contributed by atoms with Crippen LogP contribution in [0, 0.1) is 5.82 Å². The normalized spacial score (nSPS) is 12.6. The Morgan fingerprint density at radius 1 is 1.24 bits per heavy atom. The first-order valence-electron chi connectivity index (χ1n) is 6.44. The first-order chi connectivity index (χ1) is 10.0. The minimum Gasteiger partial charge on any atom is -0.459 e. The minimum atomic E-state index is -0.381. The molecule has 1 atom stereocenters. The number of para-hydroxylation sites is 1. The topological polar surface area (TPSA) is 25.2 Å². The molecule has 3 rings (SSSR count). The van der Waals surface area contributed by atoms with E-state index >= 15 is 0 Å². The van der Waals surface area contributed by atoms with Gasteiger partial charge >= 0.3 is 0 Å². The molecule has 0 fully saturated rings. The average Bonchev–Trinajstić information content (AvgIpc) is 2.86. The van der Waals surface area contributed by atoms with Crippen molar-refractivity contribution < 1.29 is 8.81 Å². The molecule has 0 aliphatic rings. The van der Waals surface area contributed by atoms with Gasteiger partial charge in [0.1, 0.15) is 17.2 Å². The van der Waals surface area contributed by atoms with Crippen LogP contribution in [0.25, 0.3) is 11.0 Å². The summed E-state index contributed by atoms with van der Waals surface area (Å²) in [7, 11) is 0. The molecule has 2 nitrogen and oxygen atoms in total. The second-order valence-corrected chi connectivity index (χ2v) is 6.12. The summed E-state index contributed by atoms with van der Waals surface area (Å²) >= 11 is 9.45. The highest BCUT2D eigenvalue weighted by Gasteiger charge is 2.15. The molecule has 1 N–H and O–H groups in total. The van der Waals surface area contributed by atoms with Crippen molar-refractivity contribution in [3.63, 3.8) is 0 Å². The van der Waals surface area contributed by atoms with Crippen molar-refractivity contribution in [2.24, 2.45) is 0 Å². The minimum absolute atomic E-state index is 0.203. The maximum Gasteiger partial charge on any atom is 0.147 e. The molecular weight excluding hydrogens is 357 g/mol. The van der Waals surface area contributed by atoms with E-state index in [-0.39, 0.29) is 17.5 Å². The summed E-state index contributed by atoms with van der Waals surface area (Å²) in [6, 6.07) is 12.1. The van der Waals surface area contributed by atoms with Crippen LogP contribution >= 0.6 is 27.5 Å². The Labute approximate surface area is 135 Å². The highest BCUT2D eigenvalue weighted by molar-refractivity contribution is 9.10. The van der Waals surface area contributed by atoms with Gasteiger partial charge in [0.05, 0.1) is 16.8 Å². The fraction of sp³-hybridized carbons (Fsp3) is 0.125. The van der Waals surface area contributed by atoms with Gasteiger partial charge < -0.3 is 9.73 Å². The quantitative estimate of drug-likeness (QED) is 0.599. The van der Waals surface area contributed by atoms with Crippen LogP contribution in [0.3, 0.4) is 0 Å². The zero-order chi connectivity index (χ0) is 15.0. The number of halogens is 3. The van der Waals surface area contributed by atoms with Crippen molar-refractivity contribution in [2.75, 3.05) is 5.32 Å². The number of furan rings is 1. The lowest BCUT2D eigenvalue weighted by Crippen LogP contribution is -2.07. The van der Waals surface area contributed by atoms with Crippen molar-refractivity contribution in [1.82, 2.24) is 0 Å². The number of hydrogen-bond acceptors (Lipinski definition) is 2. The third-order valence-corrected chi connectivity index (χ3v) is 4.06. The van der Waals surface area contributed by atoms with E-state index in [4.69, 9.17) is 16.0 Å². The second-order valence-electron chi connectivity index (χ2n) is 4.79. The number of fused-ring (bicyclic) bond motifs is 1. The molecule has 3 aromatic rings. The van der Waals surface area contributed by atoms with Gasteiger partial charge in [-0.05, 0) is 43.3 Å². The Hall–Kier alpha value is -1.52. The van der Waals surface area contributed by atoms with Gasteiger partial charge in [-0.1, -0.05) is 33.6 Å². The van der Waals surface area contributed by atoms with E-state index < -0.39 is 0 Å². The molecule has 108 valence electrons. The fourth-order valence-electron chi connectivity index (χ4n) is 2.17. The van der Waals surface area contributed by atoms with Gasteiger partial charge in [0.15, 0.2) is 0 Å². The lowest BCUT2D eigenvalue weighted by atomic mass is 10.2. The van der Waals surface area contributed by atoms with E-state index in [1.807, 2.05) is 31.2 Å². The maximum atomic E-state index is 13.8. The van der Waals surface area contributed by atoms with Gasteiger partial charge in [0.25, 0.3) is 0 Å². The number of benzene rings is 2. The van der Waals surface area contributed by atoms with E-state index in [1.54, 1.807) is 12.1 Å². The fourth-order valence-corrected chi connectivity index (χ4v) is 2.77. The summed E-state index contributed by atoms with van der Waals surface area (Å²) in [5.41, 5.74) is 1.08. The zero-order valence-corrected chi connectivity index (χ0v) is 13.5. The molecule has 1 heterocycles. The summed E-state index contributed by atoms with van der Waals surface area (Å²) in [5.74, 6) is 0.343. The van der Waals surface area contributed by atoms with Crippen LogP contribution in [0.4, 0.5) is 10.1 Å². The molecule has 0 radical (unpaired) electrons. The molecule has 0 bridgehead atoms. The van der Waals surface area contributed by atoms with Crippen molar-refractivity contribution in [3.05, 3.63) is 63.5 Å². The molecule has 1 aromatic heterocycles. The summed E-state index contributed by atoms with van der Waals surface area (Å²) in [6.07, 6.45) is 0. The number of hydrogen-bond donors (Lipinski definition) is 1. The molecule has 0 amide bonds. The van der Waals surface area contributed by atoms with E-state index in [2.05, 4.69) is 21.2 Å². The molecule has 0 saturated carbocycles. The Morgan fingerprint density at radius 2 is 2.05 bits per heavy atom. The third-order valence-electron chi connectivity index (χ3n) is 3.25. The van der Waals surface area contributed by atoms with Crippen LogP contribution in [-0.2, 0) is 0 Å². The van der Waals surface area contributed by atoms with E-state index in [0.717, 1.165) is 21.2 Å². The highest BCUT2D eigenvalue weighted by atomic mass is 79.9. The monoisotopic (exact) mass is 367 g/mol. The summed E-state index contributed by atoms with van der Waals surface area (Å²) < 4.78 is 20.6. The Bertz CT molecular complexity index is 782. The van der Waals surface area contributed by atoms with Crippen LogP contribution in [0.15, 0.2) is 51.4 Å². The lowest BCUT2D eigenvalue weighted by Gasteiger charge is -2.14. The van der Waals surface area contributed by atoms with Crippen LogP contribution < -0.4 is 5.32 Å². The molecule has 5 heteroatoms. The predicted molar refractivity (Wildman–Crippen MR) is 87.4 cm³/mol. The Morgan fingerprint density at radius 3 is 2.81 bits per heavy atom. The SMILES string of the molecule is CC(Nc1c(F)cccc1Cl)c1cc2cc(Br)ccc2o1. The van der Waals surface area contributed by atoms with Crippen molar-refractivity contribution in [2.45, 2.75) is 13.0 Å². The second kappa shape index (κ2) is 5.70. The highest BCUT2D eigenvalue weighted by Crippen LogP contribution is 2.31. The van der Waals surface area contributed by atoms with Crippen LogP contribution in [0.5, 0.6) is 0 Å². The molecule has 0 aliphatic heterocycles. The Kier molecular flexibility index (Phi) is 3.91. The van der Waals surface area contributed by atoms with Crippen LogP contribution in [0.2, 0.25) is 5.02 Å². The van der Waals surface area contributed by atoms with E-state index in [1.165, 1.54) is 6.07 Å². The average molecular weight is 369 g/mol. The Balaban J connectivity index is 1.91. The zero-order valence-electron chi connectivity index (χ0n) is 11.2. The van der Waals surface area contributed by atoms with Gasteiger partial charge in [-0.15, -0.1) is 0 Å². The number of nitrogens with one attached hydrogen (secondary N) is 1. The number of rotatable bonds is 3. The van der Waals surface area contributed by atoms with Crippen molar-refractivity contribution in [1.29, 1.82) is 0 Å². The third kappa shape index (κ3) is 2.92. The summed E-state index contributed by atoms with van der Waals surface area (Å²) in [5, 5.41) is 4.40. The molecular formula is C16H12BrClFNO. The van der Waals surface area contributed by atoms with Gasteiger partial charge in [0, 0.05) is 9.86 Å². The van der Waals surface area contributed by atoms with Gasteiger partial charge in [-0.2, -0.15) is 0 Å². The summed E-state index contributed by atoms with van der Waals surface area (Å²) in [4.78, 5) is 0. The molecule has 1 unspecified atom stereocenters. The van der Waals surface area contributed by atoms with E-state index in [0.29, 0.717) is 5.02 Å². The molecule has 21 heavy (non-hydrogen) atoms. The van der Waals surface area contributed by atoms with Gasteiger partial charge in [-0.25, -0.2) is 4.39 Å². The molecule has 0 saturated heterocycles. The first kappa shape index (κ1) is 14.4. The van der Waals surface area contributed by atoms with Crippen molar-refractivity contribution in [3.8, 4) is 0 Å². The largest absolute Gasteiger partial charge is 0.459 e. The van der Waals surface area contributed by atoms with Crippen LogP contribution in [0.1, 0.15) is 18.7 Å². The van der Waals surface area contributed by atoms with Crippen molar-refractivity contribution >= 4 is 44.2 Å². The first-order valence-corrected chi connectivity index (χ1v) is 7.61. The molecule has 2 aromatic carbocycles.